The number of oxazole rings is 1. The van der Waals surface area contributed by atoms with Gasteiger partial charge in [0.15, 0.2) is 5.69 Å². The maximum Gasteiger partial charge on any atom is 0.273 e. The highest BCUT2D eigenvalue weighted by Gasteiger charge is 2.13. The molecule has 0 saturated heterocycles. The summed E-state index contributed by atoms with van der Waals surface area (Å²) in [5.41, 5.74) is 7.51. The number of aromatic nitrogens is 1. The van der Waals surface area contributed by atoms with Crippen LogP contribution in [0.5, 0.6) is 0 Å². The first-order valence-corrected chi connectivity index (χ1v) is 13.3. The summed E-state index contributed by atoms with van der Waals surface area (Å²) in [7, 11) is 0. The monoisotopic (exact) mass is 455 g/mol. The fourth-order valence-electron chi connectivity index (χ4n) is 4.15. The van der Waals surface area contributed by atoms with Crippen LogP contribution >= 0.6 is 0 Å². The first kappa shape index (κ1) is 26.9. The van der Waals surface area contributed by atoms with Crippen LogP contribution in [0.3, 0.4) is 0 Å². The standard InChI is InChI=1S/C28H45N3O2/c1-2-3-4-5-6-7-8-9-10-11-12-13-14-15-16-17-21-30-27(32)26-23-33-28(31-26)24-19-18-20-25(29)22-24/h18-20,22-23H,2-17,21,29H2,1H3,(H,30,32). The van der Waals surface area contributed by atoms with Crippen molar-refractivity contribution in [1.29, 1.82) is 0 Å². The molecular formula is C28H45N3O2. The predicted molar refractivity (Wildman–Crippen MR) is 138 cm³/mol. The molecule has 33 heavy (non-hydrogen) atoms. The molecule has 5 heteroatoms. The van der Waals surface area contributed by atoms with Crippen molar-refractivity contribution in [3.05, 3.63) is 36.2 Å². The Kier molecular flexibility index (Phi) is 14.1. The minimum Gasteiger partial charge on any atom is -0.444 e. The largest absolute Gasteiger partial charge is 0.444 e. The lowest BCUT2D eigenvalue weighted by atomic mass is 10.0. The van der Waals surface area contributed by atoms with Crippen LogP contribution in [0.15, 0.2) is 34.9 Å². The van der Waals surface area contributed by atoms with Crippen LogP contribution in [0.1, 0.15) is 120 Å². The van der Waals surface area contributed by atoms with Gasteiger partial charge in [-0.25, -0.2) is 4.98 Å². The number of hydrogen-bond donors (Lipinski definition) is 2. The number of hydrogen-bond acceptors (Lipinski definition) is 4. The van der Waals surface area contributed by atoms with Crippen molar-refractivity contribution in [2.75, 3.05) is 12.3 Å². The predicted octanol–water partition coefficient (Wildman–Crippen LogP) is 7.92. The smallest absolute Gasteiger partial charge is 0.273 e. The Balaban J connectivity index is 1.40. The van der Waals surface area contributed by atoms with Crippen molar-refractivity contribution in [2.45, 2.75) is 110 Å². The van der Waals surface area contributed by atoms with Gasteiger partial charge in [-0.1, -0.05) is 109 Å². The summed E-state index contributed by atoms with van der Waals surface area (Å²) in [5, 5.41) is 2.94. The van der Waals surface area contributed by atoms with Crippen molar-refractivity contribution in [1.82, 2.24) is 10.3 Å². The molecule has 0 aliphatic carbocycles. The van der Waals surface area contributed by atoms with E-state index in [9.17, 15) is 4.79 Å². The molecule has 1 aromatic heterocycles. The Morgan fingerprint density at radius 2 is 1.39 bits per heavy atom. The Hall–Kier alpha value is -2.30. The molecule has 184 valence electrons. The molecule has 0 spiro atoms. The highest BCUT2D eigenvalue weighted by atomic mass is 16.3. The number of nitrogens with zero attached hydrogens (tertiary/aromatic N) is 1. The normalized spacial score (nSPS) is 11.1. The minimum absolute atomic E-state index is 0.185. The molecule has 3 N–H and O–H groups in total. The maximum absolute atomic E-state index is 12.3. The van der Waals surface area contributed by atoms with E-state index in [0.717, 1.165) is 18.4 Å². The quantitative estimate of drug-likeness (QED) is 0.166. The zero-order valence-corrected chi connectivity index (χ0v) is 20.7. The zero-order chi connectivity index (χ0) is 23.6. The van der Waals surface area contributed by atoms with Crippen molar-refractivity contribution in [3.8, 4) is 11.5 Å². The highest BCUT2D eigenvalue weighted by molar-refractivity contribution is 5.92. The number of nitrogen functional groups attached to an aromatic ring is 1. The van der Waals surface area contributed by atoms with Crippen LogP contribution in [-0.2, 0) is 0 Å². The molecule has 0 unspecified atom stereocenters. The van der Waals surface area contributed by atoms with Crippen LogP contribution < -0.4 is 11.1 Å². The number of unbranched alkanes of at least 4 members (excludes halogenated alkanes) is 15. The van der Waals surface area contributed by atoms with E-state index in [1.807, 2.05) is 12.1 Å². The van der Waals surface area contributed by atoms with Crippen molar-refractivity contribution >= 4 is 11.6 Å². The second-order valence-corrected chi connectivity index (χ2v) is 9.22. The van der Waals surface area contributed by atoms with Gasteiger partial charge in [0.05, 0.1) is 0 Å². The second-order valence-electron chi connectivity index (χ2n) is 9.22. The lowest BCUT2D eigenvalue weighted by molar-refractivity contribution is 0.0948. The van der Waals surface area contributed by atoms with Crippen LogP contribution in [0, 0.1) is 0 Å². The topological polar surface area (TPSA) is 81.2 Å². The summed E-state index contributed by atoms with van der Waals surface area (Å²) in [6.45, 7) is 2.96. The van der Waals surface area contributed by atoms with Gasteiger partial charge in [-0.05, 0) is 24.6 Å². The Bertz CT molecular complexity index is 772. The number of nitrogens with two attached hydrogens (primary N) is 1. The first-order chi connectivity index (χ1) is 16.2. The molecule has 0 aliphatic heterocycles. The van der Waals surface area contributed by atoms with Crippen molar-refractivity contribution < 1.29 is 9.21 Å². The second kappa shape index (κ2) is 17.2. The fourth-order valence-corrected chi connectivity index (χ4v) is 4.15. The number of anilines is 1. The maximum atomic E-state index is 12.3. The third kappa shape index (κ3) is 11.9. The third-order valence-corrected chi connectivity index (χ3v) is 6.19. The van der Waals surface area contributed by atoms with Gasteiger partial charge in [-0.3, -0.25) is 4.79 Å². The van der Waals surface area contributed by atoms with Gasteiger partial charge < -0.3 is 15.5 Å². The van der Waals surface area contributed by atoms with Gasteiger partial charge in [-0.15, -0.1) is 0 Å². The Morgan fingerprint density at radius 1 is 0.848 bits per heavy atom. The molecule has 0 fully saturated rings. The van der Waals surface area contributed by atoms with Crippen LogP contribution in [0.2, 0.25) is 0 Å². The summed E-state index contributed by atoms with van der Waals surface area (Å²) in [5.74, 6) is 0.227. The average molecular weight is 456 g/mol. The minimum atomic E-state index is -0.185. The number of rotatable bonds is 19. The molecule has 0 saturated carbocycles. The van der Waals surface area contributed by atoms with Gasteiger partial charge >= 0.3 is 0 Å². The van der Waals surface area contributed by atoms with Gasteiger partial charge in [0.25, 0.3) is 5.91 Å². The van der Waals surface area contributed by atoms with Crippen LogP contribution in [0.4, 0.5) is 5.69 Å². The van der Waals surface area contributed by atoms with E-state index < -0.39 is 0 Å². The van der Waals surface area contributed by atoms with E-state index in [0.29, 0.717) is 23.8 Å². The number of amides is 1. The van der Waals surface area contributed by atoms with E-state index in [1.54, 1.807) is 12.1 Å². The molecule has 1 aromatic carbocycles. The van der Waals surface area contributed by atoms with Crippen molar-refractivity contribution in [2.24, 2.45) is 0 Å². The van der Waals surface area contributed by atoms with E-state index >= 15 is 0 Å². The molecule has 2 aromatic rings. The van der Waals surface area contributed by atoms with Crippen molar-refractivity contribution in [3.63, 3.8) is 0 Å². The van der Waals surface area contributed by atoms with Crippen LogP contribution in [-0.4, -0.2) is 17.4 Å². The number of benzene rings is 1. The number of carbonyl (C=O) groups is 1. The zero-order valence-electron chi connectivity index (χ0n) is 20.7. The summed E-state index contributed by atoms with van der Waals surface area (Å²) >= 11 is 0. The summed E-state index contributed by atoms with van der Waals surface area (Å²) in [6.07, 6.45) is 22.9. The molecular weight excluding hydrogens is 410 g/mol. The number of nitrogens with one attached hydrogen (secondary N) is 1. The summed E-state index contributed by atoms with van der Waals surface area (Å²) < 4.78 is 5.44. The fraction of sp³-hybridized carbons (Fsp3) is 0.643. The van der Waals surface area contributed by atoms with E-state index in [1.165, 1.54) is 96.2 Å². The molecule has 2 rings (SSSR count). The molecule has 0 radical (unpaired) electrons. The molecule has 5 nitrogen and oxygen atoms in total. The number of carbonyl (C=O) groups excluding carboxylic acids is 1. The van der Waals surface area contributed by atoms with E-state index in [-0.39, 0.29) is 5.91 Å². The van der Waals surface area contributed by atoms with E-state index in [2.05, 4.69) is 17.2 Å². The lowest BCUT2D eigenvalue weighted by Gasteiger charge is -2.04. The SMILES string of the molecule is CCCCCCCCCCCCCCCCCCNC(=O)c1coc(-c2cccc(N)c2)n1. The van der Waals surface area contributed by atoms with Gasteiger partial charge in [0.1, 0.15) is 6.26 Å². The Labute approximate surface area is 200 Å². The van der Waals surface area contributed by atoms with Crippen LogP contribution in [0.25, 0.3) is 11.5 Å². The molecule has 1 heterocycles. The molecule has 0 bridgehead atoms. The lowest BCUT2D eigenvalue weighted by Crippen LogP contribution is -2.24. The molecule has 0 aliphatic rings. The highest BCUT2D eigenvalue weighted by Crippen LogP contribution is 2.20. The van der Waals surface area contributed by atoms with Gasteiger partial charge in [-0.2, -0.15) is 0 Å². The summed E-state index contributed by atoms with van der Waals surface area (Å²) in [4.78, 5) is 16.5. The molecule has 0 atom stereocenters. The summed E-state index contributed by atoms with van der Waals surface area (Å²) in [6, 6.07) is 7.29. The van der Waals surface area contributed by atoms with Gasteiger partial charge in [0, 0.05) is 17.8 Å². The van der Waals surface area contributed by atoms with E-state index in [4.69, 9.17) is 10.2 Å². The third-order valence-electron chi connectivity index (χ3n) is 6.19. The van der Waals surface area contributed by atoms with Gasteiger partial charge in [0.2, 0.25) is 5.89 Å². The molecule has 1 amide bonds. The average Bonchev–Trinajstić information content (AvgIpc) is 3.31. The Morgan fingerprint density at radius 3 is 1.94 bits per heavy atom. The first-order valence-electron chi connectivity index (χ1n) is 13.3.